The van der Waals surface area contributed by atoms with Gasteiger partial charge in [-0.15, -0.1) is 0 Å². The summed E-state index contributed by atoms with van der Waals surface area (Å²) in [5.41, 5.74) is 0.876. The Morgan fingerprint density at radius 1 is 1.55 bits per heavy atom. The maximum Gasteiger partial charge on any atom is 0.193 e. The van der Waals surface area contributed by atoms with Crippen LogP contribution in [-0.4, -0.2) is 46.2 Å². The average Bonchev–Trinajstić information content (AvgIpc) is 3.07. The van der Waals surface area contributed by atoms with E-state index in [4.69, 9.17) is 4.52 Å². The van der Waals surface area contributed by atoms with Crippen molar-refractivity contribution in [3.05, 3.63) is 36.2 Å². The molecule has 2 aromatic rings. The maximum atomic E-state index is 4.82. The van der Waals surface area contributed by atoms with Crippen LogP contribution in [0.2, 0.25) is 0 Å². The summed E-state index contributed by atoms with van der Waals surface area (Å²) in [6, 6.07) is 1.85. The minimum atomic E-state index is 0.653. The minimum absolute atomic E-state index is 0.653. The first-order valence-corrected chi connectivity index (χ1v) is 6.49. The van der Waals surface area contributed by atoms with Crippen LogP contribution in [-0.2, 0) is 13.1 Å². The van der Waals surface area contributed by atoms with Crippen molar-refractivity contribution in [3.63, 3.8) is 0 Å². The number of hydrogen-bond donors (Lipinski definition) is 1. The summed E-state index contributed by atoms with van der Waals surface area (Å²) >= 11 is 0. The number of aliphatic imine (C=N–C) groups is 1. The fraction of sp³-hybridized carbons (Fsp3) is 0.462. The van der Waals surface area contributed by atoms with Gasteiger partial charge in [-0.2, -0.15) is 0 Å². The normalized spacial score (nSPS) is 11.7. The summed E-state index contributed by atoms with van der Waals surface area (Å²) in [6.45, 7) is 4.28. The Balaban J connectivity index is 1.82. The number of rotatable bonds is 5. The van der Waals surface area contributed by atoms with Crippen LogP contribution in [0, 0.1) is 6.92 Å². The second-order valence-corrected chi connectivity index (χ2v) is 4.49. The van der Waals surface area contributed by atoms with E-state index in [0.29, 0.717) is 6.54 Å². The van der Waals surface area contributed by atoms with Gasteiger partial charge in [0.1, 0.15) is 17.8 Å². The van der Waals surface area contributed by atoms with E-state index in [-0.39, 0.29) is 0 Å². The van der Waals surface area contributed by atoms with Gasteiger partial charge in [-0.1, -0.05) is 5.16 Å². The Morgan fingerprint density at radius 2 is 2.40 bits per heavy atom. The zero-order valence-corrected chi connectivity index (χ0v) is 12.1. The second-order valence-electron chi connectivity index (χ2n) is 4.49. The molecule has 2 aromatic heterocycles. The van der Waals surface area contributed by atoms with Gasteiger partial charge < -0.3 is 19.3 Å². The van der Waals surface area contributed by atoms with E-state index < -0.39 is 0 Å². The van der Waals surface area contributed by atoms with Gasteiger partial charge in [-0.3, -0.25) is 4.99 Å². The molecule has 108 valence electrons. The SMILES string of the molecule is CN=C(NCCn1ccnc1C)N(C)Cc1ccon1. The molecule has 20 heavy (non-hydrogen) atoms. The first kappa shape index (κ1) is 14.1. The molecule has 7 nitrogen and oxygen atoms in total. The van der Waals surface area contributed by atoms with Crippen molar-refractivity contribution >= 4 is 5.96 Å². The lowest BCUT2D eigenvalue weighted by Crippen LogP contribution is -2.39. The van der Waals surface area contributed by atoms with Crippen LogP contribution in [0.3, 0.4) is 0 Å². The highest BCUT2D eigenvalue weighted by Gasteiger charge is 2.08. The number of nitrogens with one attached hydrogen (secondary N) is 1. The number of hydrogen-bond acceptors (Lipinski definition) is 4. The zero-order chi connectivity index (χ0) is 14.4. The molecule has 0 bridgehead atoms. The number of aromatic nitrogens is 3. The van der Waals surface area contributed by atoms with E-state index in [9.17, 15) is 0 Å². The molecule has 0 radical (unpaired) electrons. The molecule has 0 amide bonds. The maximum absolute atomic E-state index is 4.82. The Morgan fingerprint density at radius 3 is 3.00 bits per heavy atom. The molecule has 0 aliphatic carbocycles. The van der Waals surface area contributed by atoms with Crippen molar-refractivity contribution in [3.8, 4) is 0 Å². The third-order valence-electron chi connectivity index (χ3n) is 3.02. The van der Waals surface area contributed by atoms with Gasteiger partial charge in [0, 0.05) is 45.6 Å². The summed E-state index contributed by atoms with van der Waals surface area (Å²) in [5.74, 6) is 1.84. The summed E-state index contributed by atoms with van der Waals surface area (Å²) in [4.78, 5) is 10.5. The molecule has 0 aromatic carbocycles. The summed E-state index contributed by atoms with van der Waals surface area (Å²) in [6.07, 6.45) is 5.35. The Hall–Kier alpha value is -2.31. The predicted octanol–water partition coefficient (Wildman–Crippen LogP) is 0.887. The fourth-order valence-corrected chi connectivity index (χ4v) is 1.95. The summed E-state index contributed by atoms with van der Waals surface area (Å²) < 4.78 is 6.92. The van der Waals surface area contributed by atoms with Crippen LogP contribution in [0.15, 0.2) is 34.2 Å². The van der Waals surface area contributed by atoms with Crippen LogP contribution in [0.1, 0.15) is 11.5 Å². The Kier molecular flexibility index (Phi) is 4.75. The molecule has 0 unspecified atom stereocenters. The van der Waals surface area contributed by atoms with Gasteiger partial charge in [-0.05, 0) is 6.92 Å². The van der Waals surface area contributed by atoms with Gasteiger partial charge in [0.05, 0.1) is 6.54 Å². The van der Waals surface area contributed by atoms with Crippen LogP contribution in [0.25, 0.3) is 0 Å². The average molecular weight is 276 g/mol. The zero-order valence-electron chi connectivity index (χ0n) is 12.1. The molecule has 0 aliphatic rings. The van der Waals surface area contributed by atoms with Crippen molar-refractivity contribution in [2.24, 2.45) is 4.99 Å². The molecule has 0 atom stereocenters. The van der Waals surface area contributed by atoms with Crippen LogP contribution in [0.5, 0.6) is 0 Å². The lowest BCUT2D eigenvalue weighted by Gasteiger charge is -2.21. The van der Waals surface area contributed by atoms with E-state index in [1.165, 1.54) is 0 Å². The largest absolute Gasteiger partial charge is 0.364 e. The molecule has 0 spiro atoms. The fourth-order valence-electron chi connectivity index (χ4n) is 1.95. The number of guanidine groups is 1. The van der Waals surface area contributed by atoms with E-state index in [1.54, 1.807) is 19.5 Å². The lowest BCUT2D eigenvalue weighted by molar-refractivity contribution is 0.391. The molecule has 0 fully saturated rings. The number of nitrogens with zero attached hydrogens (tertiary/aromatic N) is 5. The molecule has 2 heterocycles. The van der Waals surface area contributed by atoms with Gasteiger partial charge in [-0.25, -0.2) is 4.98 Å². The Bertz CT molecular complexity index is 545. The number of imidazole rings is 1. The molecule has 0 saturated heterocycles. The third kappa shape index (κ3) is 3.59. The topological polar surface area (TPSA) is 71.5 Å². The van der Waals surface area contributed by atoms with Crippen LogP contribution in [0.4, 0.5) is 0 Å². The summed E-state index contributed by atoms with van der Waals surface area (Å²) in [5, 5.41) is 7.21. The van der Waals surface area contributed by atoms with E-state index in [2.05, 4.69) is 25.0 Å². The third-order valence-corrected chi connectivity index (χ3v) is 3.02. The van der Waals surface area contributed by atoms with E-state index in [0.717, 1.165) is 30.6 Å². The number of aryl methyl sites for hydroxylation is 1. The van der Waals surface area contributed by atoms with Gasteiger partial charge >= 0.3 is 0 Å². The Labute approximate surface area is 118 Å². The molecule has 0 aliphatic heterocycles. The van der Waals surface area contributed by atoms with Crippen molar-refractivity contribution in [2.75, 3.05) is 20.6 Å². The standard InChI is InChI=1S/C13H20N6O/c1-11-15-5-7-19(11)8-6-16-13(14-2)18(3)10-12-4-9-20-17-12/h4-5,7,9H,6,8,10H2,1-3H3,(H,14,16). The van der Waals surface area contributed by atoms with Crippen molar-refractivity contribution in [2.45, 2.75) is 20.0 Å². The predicted molar refractivity (Wildman–Crippen MR) is 76.3 cm³/mol. The molecule has 2 rings (SSSR count). The monoisotopic (exact) mass is 276 g/mol. The van der Waals surface area contributed by atoms with Gasteiger partial charge in [0.2, 0.25) is 0 Å². The van der Waals surface area contributed by atoms with Crippen molar-refractivity contribution in [1.82, 2.24) is 24.9 Å². The summed E-state index contributed by atoms with van der Waals surface area (Å²) in [7, 11) is 3.73. The highest BCUT2D eigenvalue weighted by Crippen LogP contribution is 2.00. The molecule has 7 heteroatoms. The van der Waals surface area contributed by atoms with Crippen LogP contribution >= 0.6 is 0 Å². The van der Waals surface area contributed by atoms with Gasteiger partial charge in [0.15, 0.2) is 5.96 Å². The van der Waals surface area contributed by atoms with Gasteiger partial charge in [0.25, 0.3) is 0 Å². The first-order chi connectivity index (χ1) is 9.70. The van der Waals surface area contributed by atoms with E-state index in [1.807, 2.05) is 31.1 Å². The van der Waals surface area contributed by atoms with Crippen LogP contribution < -0.4 is 5.32 Å². The highest BCUT2D eigenvalue weighted by atomic mass is 16.5. The smallest absolute Gasteiger partial charge is 0.193 e. The molecular weight excluding hydrogens is 256 g/mol. The molecule has 1 N–H and O–H groups in total. The quantitative estimate of drug-likeness (QED) is 0.648. The van der Waals surface area contributed by atoms with Crippen molar-refractivity contribution < 1.29 is 4.52 Å². The lowest BCUT2D eigenvalue weighted by atomic mass is 10.4. The van der Waals surface area contributed by atoms with E-state index >= 15 is 0 Å². The first-order valence-electron chi connectivity index (χ1n) is 6.49. The van der Waals surface area contributed by atoms with Crippen molar-refractivity contribution in [1.29, 1.82) is 0 Å². The second kappa shape index (κ2) is 6.74. The molecule has 0 saturated carbocycles. The minimum Gasteiger partial charge on any atom is -0.364 e. The highest BCUT2D eigenvalue weighted by molar-refractivity contribution is 5.79. The molecular formula is C13H20N6O.